The summed E-state index contributed by atoms with van der Waals surface area (Å²) in [6.07, 6.45) is 2.64. The molecule has 1 aliphatic heterocycles. The van der Waals surface area contributed by atoms with Gasteiger partial charge in [-0.2, -0.15) is 36.4 Å². The van der Waals surface area contributed by atoms with Crippen molar-refractivity contribution in [2.24, 2.45) is 0 Å². The maximum atomic E-state index is 8.48. The van der Waals surface area contributed by atoms with Crippen LogP contribution in [0.2, 0.25) is 0 Å². The molecule has 0 atom stereocenters. The number of nitrogens with zero attached hydrogens (tertiary/aromatic N) is 1. The quantitative estimate of drug-likeness (QED) is 0.664. The Labute approximate surface area is 125 Å². The normalized spacial score (nSPS) is 14.1. The van der Waals surface area contributed by atoms with Gasteiger partial charge in [-0.15, -0.1) is 17.0 Å². The molecule has 0 unspecified atom stereocenters. The van der Waals surface area contributed by atoms with E-state index in [-0.39, 0.29) is 40.0 Å². The van der Waals surface area contributed by atoms with Crippen LogP contribution in [-0.2, 0) is 0 Å². The van der Waals surface area contributed by atoms with Crippen LogP contribution < -0.4 is 0 Å². The summed E-state index contributed by atoms with van der Waals surface area (Å²) in [4.78, 5) is 2.29. The van der Waals surface area contributed by atoms with Gasteiger partial charge in [0, 0.05) is 6.54 Å². The minimum Gasteiger partial charge on any atom is -0.395 e. The number of β-amino-alcohol motifs (C(OH)–C–C–N with tert-alkyl or cyclic N) is 1. The number of hydrogen-bond acceptors (Lipinski definition) is 2. The molecule has 1 heterocycles. The Morgan fingerprint density at radius 2 is 1.62 bits per heavy atom. The zero-order valence-corrected chi connectivity index (χ0v) is 12.8. The van der Waals surface area contributed by atoms with Crippen LogP contribution in [0.3, 0.4) is 0 Å². The average Bonchev–Trinajstić information content (AvgIpc) is 2.75. The molecule has 1 fully saturated rings. The van der Waals surface area contributed by atoms with Gasteiger partial charge < -0.3 is 10.0 Å². The second kappa shape index (κ2) is 13.5. The molecule has 0 spiro atoms. The van der Waals surface area contributed by atoms with E-state index in [9.17, 15) is 0 Å². The molecule has 0 saturated carbocycles. The second-order valence-electron chi connectivity index (χ2n) is 3.35. The Morgan fingerprint density at radius 1 is 1.06 bits per heavy atom. The topological polar surface area (TPSA) is 23.5 Å². The van der Waals surface area contributed by atoms with Gasteiger partial charge >= 0.3 is 23.1 Å². The number of aliphatic hydroxyl groups excluding tert-OH is 1. The molecular formula is C12H19BrMgNO+. The van der Waals surface area contributed by atoms with E-state index in [0.717, 1.165) is 6.54 Å². The Hall–Kier alpha value is 0.386. The van der Waals surface area contributed by atoms with E-state index < -0.39 is 0 Å². The van der Waals surface area contributed by atoms with E-state index >= 15 is 0 Å². The standard InChI is InChI=1S/C6H13NO.C6H5.BrH.Mg/c8-6-5-7-3-1-2-4-7;1-2-4-6-5-3-1;;/h8H,1-6H2;1-5H;1H;/q;-1;;+2. The second-order valence-corrected chi connectivity index (χ2v) is 3.35. The van der Waals surface area contributed by atoms with Crippen LogP contribution in [0.4, 0.5) is 0 Å². The van der Waals surface area contributed by atoms with Crippen LogP contribution in [0.5, 0.6) is 0 Å². The van der Waals surface area contributed by atoms with Gasteiger partial charge in [0.2, 0.25) is 0 Å². The van der Waals surface area contributed by atoms with Crippen molar-refractivity contribution < 1.29 is 5.11 Å². The monoisotopic (exact) mass is 296 g/mol. The molecule has 0 aromatic heterocycles. The zero-order chi connectivity index (χ0) is 10.1. The molecule has 1 aliphatic rings. The molecule has 1 saturated heterocycles. The summed E-state index contributed by atoms with van der Waals surface area (Å²) in [5.74, 6) is 0. The van der Waals surface area contributed by atoms with E-state index in [2.05, 4.69) is 11.0 Å². The molecule has 0 amide bonds. The van der Waals surface area contributed by atoms with Crippen molar-refractivity contribution in [2.75, 3.05) is 26.2 Å². The van der Waals surface area contributed by atoms with Crippen molar-refractivity contribution in [3.05, 3.63) is 36.4 Å². The van der Waals surface area contributed by atoms with Crippen LogP contribution in [0.15, 0.2) is 30.3 Å². The van der Waals surface area contributed by atoms with E-state index in [4.69, 9.17) is 5.11 Å². The average molecular weight is 297 g/mol. The van der Waals surface area contributed by atoms with E-state index in [1.54, 1.807) is 0 Å². The van der Waals surface area contributed by atoms with Gasteiger partial charge in [0.1, 0.15) is 0 Å². The van der Waals surface area contributed by atoms with Crippen molar-refractivity contribution in [1.82, 2.24) is 4.90 Å². The smallest absolute Gasteiger partial charge is 0.395 e. The maximum Gasteiger partial charge on any atom is 2.00 e. The molecule has 0 bridgehead atoms. The summed E-state index contributed by atoms with van der Waals surface area (Å²) in [5.41, 5.74) is 0. The van der Waals surface area contributed by atoms with E-state index in [0.29, 0.717) is 6.61 Å². The molecule has 2 nitrogen and oxygen atoms in total. The van der Waals surface area contributed by atoms with Gasteiger partial charge in [0.05, 0.1) is 6.61 Å². The Balaban J connectivity index is 0. The zero-order valence-electron chi connectivity index (χ0n) is 9.64. The van der Waals surface area contributed by atoms with Crippen molar-refractivity contribution in [2.45, 2.75) is 12.8 Å². The van der Waals surface area contributed by atoms with Gasteiger partial charge in [0.15, 0.2) is 0 Å². The fourth-order valence-corrected chi connectivity index (χ4v) is 1.49. The molecule has 1 aromatic rings. The van der Waals surface area contributed by atoms with Crippen LogP contribution >= 0.6 is 17.0 Å². The van der Waals surface area contributed by atoms with Crippen molar-refractivity contribution in [3.8, 4) is 0 Å². The van der Waals surface area contributed by atoms with Crippen LogP contribution in [0.25, 0.3) is 0 Å². The maximum absolute atomic E-state index is 8.48. The number of halogens is 1. The minimum atomic E-state index is 0. The molecule has 2 rings (SSSR count). The molecular weight excluding hydrogens is 278 g/mol. The Kier molecular flexibility index (Phi) is 15.8. The summed E-state index contributed by atoms with van der Waals surface area (Å²) in [7, 11) is 0. The van der Waals surface area contributed by atoms with Gasteiger partial charge in [0.25, 0.3) is 0 Å². The molecule has 1 aromatic carbocycles. The fourth-order valence-electron chi connectivity index (χ4n) is 1.49. The van der Waals surface area contributed by atoms with E-state index in [1.165, 1.54) is 25.9 Å². The molecule has 4 heteroatoms. The summed E-state index contributed by atoms with van der Waals surface area (Å²) >= 11 is 0. The summed E-state index contributed by atoms with van der Waals surface area (Å²) in [6, 6.07) is 12.5. The number of benzene rings is 1. The Bertz CT molecular complexity index is 191. The fraction of sp³-hybridized carbons (Fsp3) is 0.500. The first-order valence-corrected chi connectivity index (χ1v) is 5.18. The van der Waals surface area contributed by atoms with E-state index in [1.807, 2.05) is 30.3 Å². The number of likely N-dealkylation sites (tertiary alicyclic amines) is 1. The summed E-state index contributed by atoms with van der Waals surface area (Å²) in [5, 5.41) is 8.48. The largest absolute Gasteiger partial charge is 2.00 e. The third-order valence-corrected chi connectivity index (χ3v) is 2.22. The molecule has 0 radical (unpaired) electrons. The van der Waals surface area contributed by atoms with Crippen molar-refractivity contribution in [3.63, 3.8) is 0 Å². The van der Waals surface area contributed by atoms with Gasteiger partial charge in [-0.05, 0) is 25.9 Å². The third-order valence-electron chi connectivity index (χ3n) is 2.22. The van der Waals surface area contributed by atoms with Crippen molar-refractivity contribution in [1.29, 1.82) is 0 Å². The van der Waals surface area contributed by atoms with Crippen LogP contribution in [0.1, 0.15) is 12.8 Å². The van der Waals surface area contributed by atoms with Gasteiger partial charge in [-0.1, -0.05) is 0 Å². The van der Waals surface area contributed by atoms with Crippen LogP contribution in [-0.4, -0.2) is 59.3 Å². The number of aliphatic hydroxyl groups is 1. The number of rotatable bonds is 2. The first kappa shape index (κ1) is 18.7. The first-order valence-electron chi connectivity index (χ1n) is 5.18. The van der Waals surface area contributed by atoms with Gasteiger partial charge in [-0.3, -0.25) is 0 Å². The predicted molar refractivity (Wildman–Crippen MR) is 74.1 cm³/mol. The third kappa shape index (κ3) is 9.60. The molecule has 1 N–H and O–H groups in total. The molecule has 86 valence electrons. The first-order chi connectivity index (χ1) is 6.93. The summed E-state index contributed by atoms with van der Waals surface area (Å²) in [6.45, 7) is 3.58. The van der Waals surface area contributed by atoms with Gasteiger partial charge in [-0.25, -0.2) is 0 Å². The number of hydrogen-bond donors (Lipinski definition) is 1. The van der Waals surface area contributed by atoms with Crippen LogP contribution in [0, 0.1) is 6.07 Å². The Morgan fingerprint density at radius 3 is 1.94 bits per heavy atom. The molecule has 16 heavy (non-hydrogen) atoms. The SMILES string of the molecule is Br.OCCN1CCCC1.[Mg+2].[c-]1ccccc1. The predicted octanol–water partition coefficient (Wildman–Crippen LogP) is 1.76. The molecule has 0 aliphatic carbocycles. The summed E-state index contributed by atoms with van der Waals surface area (Å²) < 4.78 is 0. The van der Waals surface area contributed by atoms with Crippen molar-refractivity contribution >= 4 is 40.0 Å². The minimum absolute atomic E-state index is 0.